The second kappa shape index (κ2) is 8.72. The zero-order valence-electron chi connectivity index (χ0n) is 11.8. The summed E-state index contributed by atoms with van der Waals surface area (Å²) >= 11 is 0. The smallest absolute Gasteiger partial charge is 0.317 e. The zero-order valence-corrected chi connectivity index (χ0v) is 11.8. The molecule has 1 saturated heterocycles. The van der Waals surface area contributed by atoms with Gasteiger partial charge < -0.3 is 29.5 Å². The largest absolute Gasteiger partial charge is 0.481 e. The molecule has 1 aliphatic heterocycles. The minimum absolute atomic E-state index is 0.137. The molecule has 0 aromatic heterocycles. The molecule has 2 unspecified atom stereocenters. The summed E-state index contributed by atoms with van der Waals surface area (Å²) in [6.07, 6.45) is 0. The maximum Gasteiger partial charge on any atom is 0.317 e. The van der Waals surface area contributed by atoms with E-state index in [1.54, 1.807) is 14.2 Å². The monoisotopic (exact) mass is 290 g/mol. The molecule has 1 aliphatic rings. The number of hydrogen-bond acceptors (Lipinski definition) is 5. The Bertz CT molecular complexity index is 325. The molecule has 0 bridgehead atoms. The average molecular weight is 290 g/mol. The lowest BCUT2D eigenvalue weighted by Crippen LogP contribution is -2.48. The van der Waals surface area contributed by atoms with Crippen LogP contribution in [-0.4, -0.2) is 81.8 Å². The van der Waals surface area contributed by atoms with Gasteiger partial charge in [-0.05, 0) is 0 Å². The predicted octanol–water partition coefficient (Wildman–Crippen LogP) is -0.610. The van der Waals surface area contributed by atoms with Crippen LogP contribution in [-0.2, 0) is 19.0 Å². The summed E-state index contributed by atoms with van der Waals surface area (Å²) in [5.41, 5.74) is 0. The number of carbonyl (C=O) groups excluding carboxylic acids is 1. The summed E-state index contributed by atoms with van der Waals surface area (Å²) in [4.78, 5) is 24.3. The van der Waals surface area contributed by atoms with Gasteiger partial charge in [-0.3, -0.25) is 4.79 Å². The molecular weight excluding hydrogens is 268 g/mol. The molecule has 8 heteroatoms. The summed E-state index contributed by atoms with van der Waals surface area (Å²) in [5, 5.41) is 11.7. The molecule has 0 aliphatic carbocycles. The number of urea groups is 1. The van der Waals surface area contributed by atoms with Crippen LogP contribution in [0, 0.1) is 5.92 Å². The van der Waals surface area contributed by atoms with Crippen molar-refractivity contribution < 1.29 is 28.9 Å². The van der Waals surface area contributed by atoms with Crippen LogP contribution >= 0.6 is 0 Å². The molecule has 8 nitrogen and oxygen atoms in total. The first-order valence-electron chi connectivity index (χ1n) is 6.45. The van der Waals surface area contributed by atoms with Crippen molar-refractivity contribution in [3.63, 3.8) is 0 Å². The Hall–Kier alpha value is -1.38. The van der Waals surface area contributed by atoms with Gasteiger partial charge in [-0.2, -0.15) is 0 Å². The van der Waals surface area contributed by atoms with E-state index in [0.717, 1.165) is 0 Å². The quantitative estimate of drug-likeness (QED) is 0.579. The number of nitrogens with zero attached hydrogens (tertiary/aromatic N) is 1. The summed E-state index contributed by atoms with van der Waals surface area (Å²) in [6.45, 7) is 2.10. The Morgan fingerprint density at radius 2 is 2.10 bits per heavy atom. The number of ether oxygens (including phenoxy) is 3. The zero-order chi connectivity index (χ0) is 15.0. The fraction of sp³-hybridized carbons (Fsp3) is 0.833. The highest BCUT2D eigenvalue weighted by Crippen LogP contribution is 2.18. The minimum atomic E-state index is -0.949. The maximum absolute atomic E-state index is 11.9. The van der Waals surface area contributed by atoms with Gasteiger partial charge in [0.1, 0.15) is 5.92 Å². The van der Waals surface area contributed by atoms with Gasteiger partial charge >= 0.3 is 12.0 Å². The van der Waals surface area contributed by atoms with Crippen LogP contribution < -0.4 is 5.32 Å². The molecule has 1 rings (SSSR count). The predicted molar refractivity (Wildman–Crippen MR) is 69.6 cm³/mol. The van der Waals surface area contributed by atoms with Crippen LogP contribution in [0.25, 0.3) is 0 Å². The highest BCUT2D eigenvalue weighted by molar-refractivity contribution is 5.77. The Balaban J connectivity index is 2.26. The molecule has 0 spiro atoms. The van der Waals surface area contributed by atoms with E-state index in [9.17, 15) is 9.59 Å². The highest BCUT2D eigenvalue weighted by Gasteiger charge is 2.38. The number of carboxylic acid groups (broad SMARTS) is 1. The fourth-order valence-electron chi connectivity index (χ4n) is 1.91. The molecule has 0 saturated carbocycles. The van der Waals surface area contributed by atoms with E-state index in [2.05, 4.69) is 5.32 Å². The SMILES string of the molecule is COCCOCCNC(=O)N(C)C1COCC1C(=O)O. The van der Waals surface area contributed by atoms with Crippen LogP contribution in [0.4, 0.5) is 4.79 Å². The van der Waals surface area contributed by atoms with Crippen molar-refractivity contribution in [3.05, 3.63) is 0 Å². The van der Waals surface area contributed by atoms with Gasteiger partial charge in [0.25, 0.3) is 0 Å². The van der Waals surface area contributed by atoms with Crippen molar-refractivity contribution in [3.8, 4) is 0 Å². The lowest BCUT2D eigenvalue weighted by atomic mass is 10.0. The van der Waals surface area contributed by atoms with Crippen LogP contribution in [0.3, 0.4) is 0 Å². The Morgan fingerprint density at radius 1 is 1.35 bits per heavy atom. The van der Waals surface area contributed by atoms with Crippen molar-refractivity contribution in [2.75, 3.05) is 53.7 Å². The van der Waals surface area contributed by atoms with E-state index in [1.165, 1.54) is 4.90 Å². The number of aliphatic carboxylic acids is 1. The van der Waals surface area contributed by atoms with E-state index in [4.69, 9.17) is 19.3 Å². The molecule has 2 N–H and O–H groups in total. The third kappa shape index (κ3) is 4.95. The number of carbonyl (C=O) groups is 2. The lowest BCUT2D eigenvalue weighted by molar-refractivity contribution is -0.142. The molecular formula is C12H22N2O6. The van der Waals surface area contributed by atoms with E-state index >= 15 is 0 Å². The number of nitrogens with one attached hydrogen (secondary N) is 1. The molecule has 0 aromatic carbocycles. The summed E-state index contributed by atoms with van der Waals surface area (Å²) in [7, 11) is 3.15. The summed E-state index contributed by atoms with van der Waals surface area (Å²) in [5.74, 6) is -1.63. The van der Waals surface area contributed by atoms with Crippen LogP contribution in [0.15, 0.2) is 0 Å². The topological polar surface area (TPSA) is 97.3 Å². The number of methoxy groups -OCH3 is 1. The van der Waals surface area contributed by atoms with E-state index in [0.29, 0.717) is 26.4 Å². The van der Waals surface area contributed by atoms with Gasteiger partial charge in [-0.25, -0.2) is 4.79 Å². The lowest BCUT2D eigenvalue weighted by Gasteiger charge is -2.26. The van der Waals surface area contributed by atoms with Gasteiger partial charge in [0.05, 0.1) is 39.1 Å². The summed E-state index contributed by atoms with van der Waals surface area (Å²) < 4.78 is 15.2. The minimum Gasteiger partial charge on any atom is -0.481 e. The first-order valence-corrected chi connectivity index (χ1v) is 6.45. The molecule has 0 radical (unpaired) electrons. The Kier molecular flexibility index (Phi) is 7.27. The molecule has 2 amide bonds. The Morgan fingerprint density at radius 3 is 2.75 bits per heavy atom. The third-order valence-corrected chi connectivity index (χ3v) is 3.14. The maximum atomic E-state index is 11.9. The average Bonchev–Trinajstić information content (AvgIpc) is 2.91. The van der Waals surface area contributed by atoms with Crippen molar-refractivity contribution in [2.45, 2.75) is 6.04 Å². The van der Waals surface area contributed by atoms with Gasteiger partial charge in [0.15, 0.2) is 0 Å². The molecule has 116 valence electrons. The number of carboxylic acids is 1. The molecule has 20 heavy (non-hydrogen) atoms. The molecule has 1 fully saturated rings. The van der Waals surface area contributed by atoms with Gasteiger partial charge in [0.2, 0.25) is 0 Å². The molecule has 1 heterocycles. The van der Waals surface area contributed by atoms with E-state index < -0.39 is 17.9 Å². The van der Waals surface area contributed by atoms with E-state index in [1.807, 2.05) is 0 Å². The van der Waals surface area contributed by atoms with Gasteiger partial charge in [-0.15, -0.1) is 0 Å². The standard InChI is InChI=1S/C12H22N2O6/c1-14(10-8-20-7-9(10)11(15)16)12(17)13-3-4-19-6-5-18-2/h9-10H,3-8H2,1-2H3,(H,13,17)(H,15,16). The second-order valence-corrected chi connectivity index (χ2v) is 4.50. The second-order valence-electron chi connectivity index (χ2n) is 4.50. The van der Waals surface area contributed by atoms with Crippen molar-refractivity contribution in [2.24, 2.45) is 5.92 Å². The molecule has 2 atom stereocenters. The van der Waals surface area contributed by atoms with Crippen LogP contribution in [0.1, 0.15) is 0 Å². The van der Waals surface area contributed by atoms with Crippen LogP contribution in [0.2, 0.25) is 0 Å². The number of amides is 2. The summed E-state index contributed by atoms with van der Waals surface area (Å²) in [6, 6.07) is -0.774. The van der Waals surface area contributed by atoms with Crippen molar-refractivity contribution >= 4 is 12.0 Å². The Labute approximate surface area is 118 Å². The van der Waals surface area contributed by atoms with Gasteiger partial charge in [-0.1, -0.05) is 0 Å². The number of likely N-dealkylation sites (N-methyl/N-ethyl adjacent to an activating group) is 1. The first-order chi connectivity index (χ1) is 9.57. The number of hydrogen-bond donors (Lipinski definition) is 2. The highest BCUT2D eigenvalue weighted by atomic mass is 16.5. The normalized spacial score (nSPS) is 21.7. The fourth-order valence-corrected chi connectivity index (χ4v) is 1.91. The number of rotatable bonds is 8. The van der Waals surface area contributed by atoms with Crippen LogP contribution in [0.5, 0.6) is 0 Å². The molecule has 0 aromatic rings. The van der Waals surface area contributed by atoms with Gasteiger partial charge in [0, 0.05) is 20.7 Å². The third-order valence-electron chi connectivity index (χ3n) is 3.14. The van der Waals surface area contributed by atoms with E-state index in [-0.39, 0.29) is 19.2 Å². The van der Waals surface area contributed by atoms with Crippen molar-refractivity contribution in [1.82, 2.24) is 10.2 Å². The van der Waals surface area contributed by atoms with Crippen molar-refractivity contribution in [1.29, 1.82) is 0 Å². The first kappa shape index (κ1) is 16.7.